The maximum atomic E-state index is 13.0. The molecule has 0 atom stereocenters. The minimum atomic E-state index is -3.93. The zero-order valence-electron chi connectivity index (χ0n) is 14.5. The van der Waals surface area contributed by atoms with Gasteiger partial charge >= 0.3 is 0 Å². The molecule has 2 N–H and O–H groups in total. The fourth-order valence-corrected chi connectivity index (χ4v) is 4.43. The normalized spacial score (nSPS) is 11.2. The first-order valence-corrected chi connectivity index (χ1v) is 10.2. The third-order valence-electron chi connectivity index (χ3n) is 3.74. The zero-order chi connectivity index (χ0) is 19.6. The van der Waals surface area contributed by atoms with Gasteiger partial charge in [0.05, 0.1) is 10.6 Å². The summed E-state index contributed by atoms with van der Waals surface area (Å²) in [6.45, 7) is 3.50. The number of amides is 1. The van der Waals surface area contributed by atoms with Gasteiger partial charge < -0.3 is 5.32 Å². The summed E-state index contributed by atoms with van der Waals surface area (Å²) in [4.78, 5) is 16.8. The number of carbonyl (C=O) groups is 1. The molecule has 3 aromatic rings. The van der Waals surface area contributed by atoms with E-state index in [9.17, 15) is 17.6 Å². The second-order valence-corrected chi connectivity index (χ2v) is 8.44. The van der Waals surface area contributed by atoms with E-state index in [0.717, 1.165) is 41.2 Å². The van der Waals surface area contributed by atoms with Crippen LogP contribution in [-0.4, -0.2) is 19.3 Å². The van der Waals surface area contributed by atoms with Crippen molar-refractivity contribution in [3.63, 3.8) is 0 Å². The van der Waals surface area contributed by atoms with E-state index in [1.807, 2.05) is 25.1 Å². The lowest BCUT2D eigenvalue weighted by atomic mass is 10.2. The maximum Gasteiger partial charge on any atom is 0.267 e. The predicted octanol–water partition coefficient (Wildman–Crippen LogP) is 3.95. The molecule has 0 radical (unpaired) electrons. The monoisotopic (exact) mass is 405 g/mol. The summed E-state index contributed by atoms with van der Waals surface area (Å²) in [5, 5.41) is 2.86. The molecule has 1 heterocycles. The molecule has 2 aromatic carbocycles. The van der Waals surface area contributed by atoms with Gasteiger partial charge in [0.25, 0.3) is 15.9 Å². The highest BCUT2D eigenvalue weighted by molar-refractivity contribution is 7.93. The summed E-state index contributed by atoms with van der Waals surface area (Å²) in [7, 11) is -3.93. The van der Waals surface area contributed by atoms with Gasteiger partial charge in [-0.2, -0.15) is 0 Å². The number of para-hydroxylation sites is 1. The molecule has 9 heteroatoms. The van der Waals surface area contributed by atoms with Crippen molar-refractivity contribution in [2.75, 3.05) is 10.0 Å². The molecule has 1 amide bonds. The van der Waals surface area contributed by atoms with Gasteiger partial charge in [0.15, 0.2) is 5.13 Å². The second kappa shape index (κ2) is 7.45. The average molecular weight is 405 g/mol. The van der Waals surface area contributed by atoms with Crippen molar-refractivity contribution in [1.29, 1.82) is 0 Å². The van der Waals surface area contributed by atoms with Gasteiger partial charge in [0, 0.05) is 5.69 Å². The number of sulfonamides is 1. The highest BCUT2D eigenvalue weighted by Gasteiger charge is 2.20. The molecule has 140 valence electrons. The van der Waals surface area contributed by atoms with Crippen LogP contribution in [0.5, 0.6) is 0 Å². The Labute approximate surface area is 160 Å². The predicted molar refractivity (Wildman–Crippen MR) is 103 cm³/mol. The summed E-state index contributed by atoms with van der Waals surface area (Å²) in [6.07, 6.45) is 0. The Morgan fingerprint density at radius 3 is 2.41 bits per heavy atom. The number of halogens is 1. The molecular weight excluding hydrogens is 389 g/mol. The summed E-state index contributed by atoms with van der Waals surface area (Å²) in [5.41, 5.74) is 1.98. The number of thiazole rings is 1. The smallest absolute Gasteiger partial charge is 0.267 e. The number of nitrogens with one attached hydrogen (secondary N) is 2. The van der Waals surface area contributed by atoms with E-state index in [4.69, 9.17) is 0 Å². The topological polar surface area (TPSA) is 88.2 Å². The largest absolute Gasteiger partial charge is 0.321 e. The minimum Gasteiger partial charge on any atom is -0.321 e. The summed E-state index contributed by atoms with van der Waals surface area (Å²) in [5.74, 6) is -0.902. The van der Waals surface area contributed by atoms with Crippen molar-refractivity contribution in [3.05, 3.63) is 70.5 Å². The third-order valence-corrected chi connectivity index (χ3v) is 6.30. The molecule has 0 unspecified atom stereocenters. The number of aryl methyl sites for hydroxylation is 2. The van der Waals surface area contributed by atoms with Gasteiger partial charge in [-0.15, -0.1) is 0 Å². The summed E-state index contributed by atoms with van der Waals surface area (Å²) in [6, 6.07) is 11.8. The van der Waals surface area contributed by atoms with Crippen LogP contribution in [0.25, 0.3) is 0 Å². The fourth-order valence-electron chi connectivity index (χ4n) is 2.33. The number of benzene rings is 2. The van der Waals surface area contributed by atoms with Gasteiger partial charge in [-0.3, -0.25) is 9.52 Å². The Kier molecular flexibility index (Phi) is 5.24. The first-order valence-electron chi connectivity index (χ1n) is 7.89. The van der Waals surface area contributed by atoms with Crippen LogP contribution in [0.3, 0.4) is 0 Å². The van der Waals surface area contributed by atoms with Gasteiger partial charge in [-0.05, 0) is 49.7 Å². The lowest BCUT2D eigenvalue weighted by Gasteiger charge is -2.06. The lowest BCUT2D eigenvalue weighted by molar-refractivity contribution is 0.102. The van der Waals surface area contributed by atoms with E-state index in [1.54, 1.807) is 13.0 Å². The van der Waals surface area contributed by atoms with Crippen LogP contribution in [0, 0.1) is 19.7 Å². The molecule has 0 saturated heterocycles. The van der Waals surface area contributed by atoms with Crippen molar-refractivity contribution in [2.24, 2.45) is 0 Å². The van der Waals surface area contributed by atoms with Crippen LogP contribution in [0.15, 0.2) is 53.4 Å². The molecule has 0 aliphatic carbocycles. The molecule has 0 bridgehead atoms. The number of hydrogen-bond acceptors (Lipinski definition) is 5. The maximum absolute atomic E-state index is 13.0. The molecule has 1 aromatic heterocycles. The Balaban J connectivity index is 1.81. The van der Waals surface area contributed by atoms with Crippen molar-refractivity contribution in [3.8, 4) is 0 Å². The summed E-state index contributed by atoms with van der Waals surface area (Å²) < 4.78 is 40.0. The summed E-state index contributed by atoms with van der Waals surface area (Å²) >= 11 is 0.930. The van der Waals surface area contributed by atoms with Crippen molar-refractivity contribution in [2.45, 2.75) is 18.7 Å². The molecule has 0 fully saturated rings. The van der Waals surface area contributed by atoms with Crippen LogP contribution < -0.4 is 10.0 Å². The van der Waals surface area contributed by atoms with E-state index < -0.39 is 15.8 Å². The van der Waals surface area contributed by atoms with Crippen LogP contribution in [0.4, 0.5) is 15.2 Å². The number of carbonyl (C=O) groups excluding carboxylic acids is 1. The third kappa shape index (κ3) is 4.32. The first-order chi connectivity index (χ1) is 12.8. The van der Waals surface area contributed by atoms with E-state index >= 15 is 0 Å². The van der Waals surface area contributed by atoms with E-state index in [1.165, 1.54) is 0 Å². The first kappa shape index (κ1) is 19.0. The van der Waals surface area contributed by atoms with Crippen molar-refractivity contribution in [1.82, 2.24) is 4.98 Å². The van der Waals surface area contributed by atoms with Crippen molar-refractivity contribution < 1.29 is 17.6 Å². The Bertz CT molecular complexity index is 1090. The number of aromatic nitrogens is 1. The molecule has 0 aliphatic rings. The number of anilines is 2. The number of nitrogens with zero attached hydrogens (tertiary/aromatic N) is 1. The van der Waals surface area contributed by atoms with Crippen LogP contribution >= 0.6 is 11.3 Å². The van der Waals surface area contributed by atoms with Crippen LogP contribution in [-0.2, 0) is 10.0 Å². The minimum absolute atomic E-state index is 0.0618. The van der Waals surface area contributed by atoms with Crippen LogP contribution in [0.2, 0.25) is 0 Å². The van der Waals surface area contributed by atoms with Gasteiger partial charge in [0.1, 0.15) is 10.7 Å². The van der Waals surface area contributed by atoms with Crippen molar-refractivity contribution >= 4 is 38.1 Å². The quantitative estimate of drug-likeness (QED) is 0.673. The van der Waals surface area contributed by atoms with Crippen LogP contribution in [0.1, 0.15) is 20.9 Å². The Morgan fingerprint density at radius 1 is 1.07 bits per heavy atom. The number of rotatable bonds is 5. The zero-order valence-corrected chi connectivity index (χ0v) is 16.1. The van der Waals surface area contributed by atoms with E-state index in [0.29, 0.717) is 16.3 Å². The molecule has 0 saturated carbocycles. The standard InChI is InChI=1S/C18H16FN3O3S2/c1-11-5-3-4-6-15(11)21-17(23)16-12(2)20-18(26-16)22-27(24,25)14-9-7-13(19)8-10-14/h3-10H,1-2H3,(H,20,22)(H,21,23). The van der Waals surface area contributed by atoms with E-state index in [2.05, 4.69) is 15.0 Å². The second-order valence-electron chi connectivity index (χ2n) is 5.76. The SMILES string of the molecule is Cc1ccccc1NC(=O)c1sc(NS(=O)(=O)c2ccc(F)cc2)nc1C. The van der Waals surface area contributed by atoms with E-state index in [-0.39, 0.29) is 15.9 Å². The average Bonchev–Trinajstić information content (AvgIpc) is 2.97. The highest BCUT2D eigenvalue weighted by atomic mass is 32.2. The Hall–Kier alpha value is -2.78. The fraction of sp³-hybridized carbons (Fsp3) is 0.111. The molecule has 0 aliphatic heterocycles. The molecule has 3 rings (SSSR count). The molecule has 27 heavy (non-hydrogen) atoms. The lowest BCUT2D eigenvalue weighted by Crippen LogP contribution is -2.12. The molecular formula is C18H16FN3O3S2. The highest BCUT2D eigenvalue weighted by Crippen LogP contribution is 2.26. The Morgan fingerprint density at radius 2 is 1.74 bits per heavy atom. The molecule has 6 nitrogen and oxygen atoms in total. The molecule has 0 spiro atoms. The van der Waals surface area contributed by atoms with Gasteiger partial charge in [0.2, 0.25) is 0 Å². The van der Waals surface area contributed by atoms with Gasteiger partial charge in [-0.1, -0.05) is 29.5 Å². The number of hydrogen-bond donors (Lipinski definition) is 2. The van der Waals surface area contributed by atoms with Gasteiger partial charge in [-0.25, -0.2) is 17.8 Å².